The van der Waals surface area contributed by atoms with Gasteiger partial charge in [0.05, 0.1) is 0 Å². The van der Waals surface area contributed by atoms with Gasteiger partial charge in [0.1, 0.15) is 12.6 Å². The lowest BCUT2D eigenvalue weighted by molar-refractivity contribution is -0.152. The van der Waals surface area contributed by atoms with Gasteiger partial charge in [0.15, 0.2) is 0 Å². The highest BCUT2D eigenvalue weighted by Crippen LogP contribution is 2.34. The van der Waals surface area contributed by atoms with E-state index in [0.29, 0.717) is 28.3 Å². The van der Waals surface area contributed by atoms with Crippen molar-refractivity contribution in [3.8, 4) is 11.1 Å². The number of esters is 1. The number of alkyl halides is 2. The van der Waals surface area contributed by atoms with E-state index in [2.05, 4.69) is 10.2 Å². The Morgan fingerprint density at radius 1 is 0.792 bits per heavy atom. The maximum absolute atomic E-state index is 13.7. The normalized spacial score (nSPS) is 14.6. The number of rotatable bonds is 10. The summed E-state index contributed by atoms with van der Waals surface area (Å²) in [5, 5.41) is 2.99. The van der Waals surface area contributed by atoms with E-state index in [1.165, 1.54) is 17.7 Å². The zero-order chi connectivity index (χ0) is 33.5. The van der Waals surface area contributed by atoms with Crippen LogP contribution >= 0.6 is 0 Å². The first-order chi connectivity index (χ1) is 23.3. The van der Waals surface area contributed by atoms with E-state index in [-0.39, 0.29) is 24.0 Å². The van der Waals surface area contributed by atoms with Gasteiger partial charge in [-0.1, -0.05) is 115 Å². The Morgan fingerprint density at radius 3 is 2.04 bits per heavy atom. The smallest absolute Gasteiger partial charge is 0.328 e. The van der Waals surface area contributed by atoms with Crippen molar-refractivity contribution in [2.24, 2.45) is 0 Å². The molecule has 1 aliphatic rings. The molecule has 0 saturated carbocycles. The number of carbonyl (C=O) groups excluding carboxylic acids is 2. The van der Waals surface area contributed by atoms with Crippen molar-refractivity contribution >= 4 is 17.6 Å². The van der Waals surface area contributed by atoms with E-state index in [1.54, 1.807) is 24.3 Å². The summed E-state index contributed by atoms with van der Waals surface area (Å²) in [6.07, 6.45) is 1.77. The maximum Gasteiger partial charge on any atom is 0.328 e. The summed E-state index contributed by atoms with van der Waals surface area (Å²) in [5.41, 5.74) is 5.48. The molecule has 48 heavy (non-hydrogen) atoms. The number of likely N-dealkylation sites (tertiary alicyclic amines) is 1. The zero-order valence-electron chi connectivity index (χ0n) is 26.8. The van der Waals surface area contributed by atoms with E-state index < -0.39 is 12.0 Å². The number of hydrogen-bond acceptors (Lipinski definition) is 4. The second-order valence-electron chi connectivity index (χ2n) is 12.3. The van der Waals surface area contributed by atoms with Gasteiger partial charge in [0, 0.05) is 23.7 Å². The van der Waals surface area contributed by atoms with Crippen LogP contribution in [-0.4, -0.2) is 29.9 Å². The van der Waals surface area contributed by atoms with Crippen LogP contribution in [0.4, 0.5) is 14.5 Å². The quantitative estimate of drug-likeness (QED) is 0.154. The molecule has 7 heteroatoms. The molecule has 5 aromatic carbocycles. The number of nitrogens with one attached hydrogen (secondary N) is 1. The predicted molar refractivity (Wildman–Crippen MR) is 185 cm³/mol. The predicted octanol–water partition coefficient (Wildman–Crippen LogP) is 9.38. The third-order valence-corrected chi connectivity index (χ3v) is 8.97. The van der Waals surface area contributed by atoms with E-state index in [9.17, 15) is 18.4 Å². The molecule has 0 aliphatic carbocycles. The Bertz CT molecular complexity index is 1810. The minimum Gasteiger partial charge on any atom is -0.459 e. The third-order valence-electron chi connectivity index (χ3n) is 8.97. The molecule has 244 valence electrons. The highest BCUT2D eigenvalue weighted by atomic mass is 19.3. The van der Waals surface area contributed by atoms with Gasteiger partial charge >= 0.3 is 5.97 Å². The van der Waals surface area contributed by atoms with Gasteiger partial charge in [-0.2, -0.15) is 0 Å². The number of nitrogens with zero attached hydrogens (tertiary/aromatic N) is 1. The lowest BCUT2D eigenvalue weighted by Gasteiger charge is -2.36. The van der Waals surface area contributed by atoms with Gasteiger partial charge in [-0.05, 0) is 77.9 Å². The Kier molecular flexibility index (Phi) is 10.1. The molecule has 0 aromatic heterocycles. The summed E-state index contributed by atoms with van der Waals surface area (Å²) < 4.78 is 33.2. The summed E-state index contributed by atoms with van der Waals surface area (Å²) in [5.74, 6) is -3.13. The van der Waals surface area contributed by atoms with Crippen molar-refractivity contribution in [2.75, 3.05) is 18.4 Å². The molecular formula is C41H38F2N2O3. The summed E-state index contributed by atoms with van der Waals surface area (Å²) >= 11 is 0. The van der Waals surface area contributed by atoms with E-state index in [0.717, 1.165) is 44.0 Å². The third kappa shape index (κ3) is 7.86. The van der Waals surface area contributed by atoms with Gasteiger partial charge in [0.25, 0.3) is 11.8 Å². The van der Waals surface area contributed by atoms with Gasteiger partial charge < -0.3 is 10.1 Å². The first kappa shape index (κ1) is 32.8. The molecular weight excluding hydrogens is 606 g/mol. The molecule has 5 nitrogen and oxygen atoms in total. The molecule has 6 rings (SSSR count). The molecule has 1 unspecified atom stereocenters. The summed E-state index contributed by atoms with van der Waals surface area (Å²) in [7, 11) is 0. The second kappa shape index (κ2) is 14.7. The van der Waals surface area contributed by atoms with Crippen LogP contribution in [0.2, 0.25) is 0 Å². The highest BCUT2D eigenvalue weighted by Gasteiger charge is 2.33. The zero-order valence-corrected chi connectivity index (χ0v) is 26.8. The van der Waals surface area contributed by atoms with Crippen molar-refractivity contribution < 1.29 is 23.1 Å². The van der Waals surface area contributed by atoms with Crippen molar-refractivity contribution in [1.29, 1.82) is 0 Å². The SMILES string of the molecule is CC(F)(F)c1ccc(-c2ccccc2C(=O)Nc2ccc(C3CCN(C(C(=O)OCc4ccccc4)c4ccccc4)CC3)cc2)cc1. The number of carbonyl (C=O) groups is 2. The van der Waals surface area contributed by atoms with Crippen molar-refractivity contribution in [2.45, 2.75) is 44.3 Å². The number of hydrogen-bond donors (Lipinski definition) is 1. The average molecular weight is 645 g/mol. The fraction of sp³-hybridized carbons (Fsp3) is 0.220. The summed E-state index contributed by atoms with van der Waals surface area (Å²) in [4.78, 5) is 29.0. The maximum atomic E-state index is 13.7. The van der Waals surface area contributed by atoms with E-state index >= 15 is 0 Å². The minimum absolute atomic E-state index is 0.0729. The molecule has 0 radical (unpaired) electrons. The number of benzene rings is 5. The van der Waals surface area contributed by atoms with Gasteiger partial charge in [-0.3, -0.25) is 9.69 Å². The number of anilines is 1. The molecule has 1 aliphatic heterocycles. The van der Waals surface area contributed by atoms with Gasteiger partial charge in [-0.15, -0.1) is 0 Å². The number of ether oxygens (including phenoxy) is 1. The van der Waals surface area contributed by atoms with Gasteiger partial charge in [0.2, 0.25) is 0 Å². The van der Waals surface area contributed by atoms with Gasteiger partial charge in [-0.25, -0.2) is 13.6 Å². The molecule has 1 saturated heterocycles. The standard InChI is InChI=1S/C41H38F2N2O3/c1-41(42,43)34-20-16-32(17-21-34)36-14-8-9-15-37(36)39(46)44-35-22-18-30(19-23-35)31-24-26-45(27-25-31)38(33-12-6-3-7-13-33)40(47)48-28-29-10-4-2-5-11-29/h2-23,31,38H,24-28H2,1H3,(H,44,46). The summed E-state index contributed by atoms with van der Waals surface area (Å²) in [6, 6.07) is 40.2. The largest absolute Gasteiger partial charge is 0.459 e. The Morgan fingerprint density at radius 2 is 1.40 bits per heavy atom. The van der Waals surface area contributed by atoms with Crippen LogP contribution in [0.15, 0.2) is 133 Å². The van der Waals surface area contributed by atoms with Crippen LogP contribution in [-0.2, 0) is 22.1 Å². The number of amides is 1. The number of halogens is 2. The van der Waals surface area contributed by atoms with Crippen LogP contribution in [0, 0.1) is 0 Å². The average Bonchev–Trinajstić information content (AvgIpc) is 3.12. The van der Waals surface area contributed by atoms with Crippen LogP contribution in [0.5, 0.6) is 0 Å². The molecule has 1 N–H and O–H groups in total. The Labute approximate surface area is 280 Å². The lowest BCUT2D eigenvalue weighted by Crippen LogP contribution is -2.40. The van der Waals surface area contributed by atoms with Crippen LogP contribution in [0.3, 0.4) is 0 Å². The topological polar surface area (TPSA) is 58.6 Å². The highest BCUT2D eigenvalue weighted by molar-refractivity contribution is 6.08. The first-order valence-corrected chi connectivity index (χ1v) is 16.2. The molecule has 1 fully saturated rings. The number of piperidine rings is 1. The fourth-order valence-electron chi connectivity index (χ4n) is 6.34. The van der Waals surface area contributed by atoms with Crippen molar-refractivity contribution in [3.63, 3.8) is 0 Å². The monoisotopic (exact) mass is 644 g/mol. The van der Waals surface area contributed by atoms with Crippen LogP contribution in [0.1, 0.15) is 64.3 Å². The molecule has 5 aromatic rings. The second-order valence-corrected chi connectivity index (χ2v) is 12.3. The molecule has 1 heterocycles. The molecule has 0 spiro atoms. The minimum atomic E-state index is -2.93. The first-order valence-electron chi connectivity index (χ1n) is 16.2. The van der Waals surface area contributed by atoms with Crippen LogP contribution in [0.25, 0.3) is 11.1 Å². The lowest BCUT2D eigenvalue weighted by atomic mass is 9.88. The van der Waals surface area contributed by atoms with Crippen molar-refractivity contribution in [3.05, 3.63) is 161 Å². The molecule has 1 atom stereocenters. The fourth-order valence-corrected chi connectivity index (χ4v) is 6.34. The summed E-state index contributed by atoms with van der Waals surface area (Å²) in [6.45, 7) is 2.60. The van der Waals surface area contributed by atoms with E-state index in [1.807, 2.05) is 97.1 Å². The Hall–Kier alpha value is -5.14. The Balaban J connectivity index is 1.08. The molecule has 1 amide bonds. The van der Waals surface area contributed by atoms with Crippen LogP contribution < -0.4 is 5.32 Å². The van der Waals surface area contributed by atoms with Crippen molar-refractivity contribution in [1.82, 2.24) is 4.90 Å². The molecule has 0 bridgehead atoms. The van der Waals surface area contributed by atoms with E-state index in [4.69, 9.17) is 4.74 Å².